The van der Waals surface area contributed by atoms with E-state index in [1.807, 2.05) is 0 Å². The molecule has 0 aliphatic heterocycles. The third kappa shape index (κ3) is 4.19. The van der Waals surface area contributed by atoms with Gasteiger partial charge in [0.25, 0.3) is 0 Å². The molecule has 0 heterocycles. The van der Waals surface area contributed by atoms with Crippen molar-refractivity contribution in [2.24, 2.45) is 0 Å². The second-order valence-corrected chi connectivity index (χ2v) is 5.10. The Labute approximate surface area is 129 Å². The van der Waals surface area contributed by atoms with Crippen LogP contribution < -0.4 is 10.1 Å². The predicted octanol–water partition coefficient (Wildman–Crippen LogP) is 5.76. The van der Waals surface area contributed by atoms with Crippen LogP contribution in [0.25, 0.3) is 0 Å². The summed E-state index contributed by atoms with van der Waals surface area (Å²) in [5.74, 6) is 0.0976. The van der Waals surface area contributed by atoms with Gasteiger partial charge in [0.05, 0.1) is 12.7 Å². The molecule has 2 aromatic carbocycles. The van der Waals surface area contributed by atoms with Gasteiger partial charge in [-0.1, -0.05) is 23.2 Å². The molecule has 0 unspecified atom stereocenters. The van der Waals surface area contributed by atoms with Crippen LogP contribution in [0.1, 0.15) is 5.56 Å². The highest BCUT2D eigenvalue weighted by atomic mass is 35.5. The van der Waals surface area contributed by atoms with E-state index in [9.17, 15) is 13.2 Å². The number of methoxy groups -OCH3 is 1. The molecule has 2 rings (SSSR count). The number of nitrogens with one attached hydrogen (secondary N) is 1. The van der Waals surface area contributed by atoms with Crippen molar-refractivity contribution < 1.29 is 17.9 Å². The molecular formula is C14H10Cl2F3NO. The minimum atomic E-state index is -4.46. The van der Waals surface area contributed by atoms with Crippen molar-refractivity contribution >= 4 is 34.6 Å². The Morgan fingerprint density at radius 2 is 1.48 bits per heavy atom. The van der Waals surface area contributed by atoms with Crippen molar-refractivity contribution in [3.8, 4) is 5.75 Å². The van der Waals surface area contributed by atoms with Crippen molar-refractivity contribution in [3.05, 3.63) is 52.0 Å². The van der Waals surface area contributed by atoms with E-state index in [1.165, 1.54) is 19.2 Å². The molecular weight excluding hydrogens is 326 g/mol. The summed E-state index contributed by atoms with van der Waals surface area (Å²) in [7, 11) is 1.30. The van der Waals surface area contributed by atoms with Crippen LogP contribution in [0.4, 0.5) is 24.5 Å². The van der Waals surface area contributed by atoms with Crippen molar-refractivity contribution in [2.75, 3.05) is 12.4 Å². The topological polar surface area (TPSA) is 21.3 Å². The molecule has 0 aromatic heterocycles. The van der Waals surface area contributed by atoms with Crippen LogP contribution in [-0.4, -0.2) is 7.11 Å². The van der Waals surface area contributed by atoms with Gasteiger partial charge in [0, 0.05) is 27.5 Å². The highest BCUT2D eigenvalue weighted by Gasteiger charge is 2.31. The molecule has 7 heteroatoms. The van der Waals surface area contributed by atoms with Gasteiger partial charge in [-0.05, 0) is 30.3 Å². The average Bonchev–Trinajstić information content (AvgIpc) is 2.36. The van der Waals surface area contributed by atoms with Crippen LogP contribution in [0.5, 0.6) is 5.75 Å². The Hall–Kier alpha value is -1.59. The van der Waals surface area contributed by atoms with Gasteiger partial charge in [-0.15, -0.1) is 0 Å². The third-order valence-electron chi connectivity index (χ3n) is 2.62. The Balaban J connectivity index is 2.39. The summed E-state index contributed by atoms with van der Waals surface area (Å²) >= 11 is 11.7. The fourth-order valence-electron chi connectivity index (χ4n) is 1.75. The molecule has 0 saturated heterocycles. The molecule has 112 valence electrons. The fraction of sp³-hybridized carbons (Fsp3) is 0.143. The molecule has 0 amide bonds. The second-order valence-electron chi connectivity index (χ2n) is 4.23. The average molecular weight is 336 g/mol. The molecule has 0 bridgehead atoms. The van der Waals surface area contributed by atoms with Crippen molar-refractivity contribution in [3.63, 3.8) is 0 Å². The maximum atomic E-state index is 12.8. The fourth-order valence-corrected chi connectivity index (χ4v) is 2.27. The summed E-state index contributed by atoms with van der Waals surface area (Å²) in [6.07, 6.45) is -4.46. The maximum absolute atomic E-state index is 12.8. The SMILES string of the molecule is COc1cc(Nc2cc(Cl)cc(Cl)c2)cc(C(F)(F)F)c1. The van der Waals surface area contributed by atoms with Gasteiger partial charge in [-0.3, -0.25) is 0 Å². The van der Waals surface area contributed by atoms with Crippen LogP contribution in [0.3, 0.4) is 0 Å². The van der Waals surface area contributed by atoms with Crippen molar-refractivity contribution in [2.45, 2.75) is 6.18 Å². The summed E-state index contributed by atoms with van der Waals surface area (Å²) in [5.41, 5.74) is -0.105. The predicted molar refractivity (Wildman–Crippen MR) is 77.7 cm³/mol. The number of halogens is 5. The summed E-state index contributed by atoms with van der Waals surface area (Å²) in [6.45, 7) is 0. The summed E-state index contributed by atoms with van der Waals surface area (Å²) in [6, 6.07) is 8.00. The lowest BCUT2D eigenvalue weighted by Gasteiger charge is -2.13. The van der Waals surface area contributed by atoms with E-state index in [0.29, 0.717) is 15.7 Å². The summed E-state index contributed by atoms with van der Waals surface area (Å²) < 4.78 is 43.4. The minimum absolute atomic E-state index is 0.0976. The van der Waals surface area contributed by atoms with E-state index in [-0.39, 0.29) is 11.4 Å². The zero-order chi connectivity index (χ0) is 15.6. The monoisotopic (exact) mass is 335 g/mol. The molecule has 0 aliphatic rings. The lowest BCUT2D eigenvalue weighted by atomic mass is 10.1. The first-order chi connectivity index (χ1) is 9.77. The first-order valence-corrected chi connectivity index (χ1v) is 6.53. The highest BCUT2D eigenvalue weighted by Crippen LogP contribution is 2.35. The first kappa shape index (κ1) is 15.8. The van der Waals surface area contributed by atoms with Crippen LogP contribution >= 0.6 is 23.2 Å². The number of hydrogen-bond donors (Lipinski definition) is 1. The highest BCUT2D eigenvalue weighted by molar-refractivity contribution is 6.35. The van der Waals surface area contributed by atoms with Gasteiger partial charge >= 0.3 is 6.18 Å². The normalized spacial score (nSPS) is 11.3. The molecule has 2 aromatic rings. The molecule has 1 N–H and O–H groups in total. The smallest absolute Gasteiger partial charge is 0.416 e. The van der Waals surface area contributed by atoms with Gasteiger partial charge in [-0.2, -0.15) is 13.2 Å². The van der Waals surface area contributed by atoms with E-state index >= 15 is 0 Å². The van der Waals surface area contributed by atoms with E-state index in [0.717, 1.165) is 12.1 Å². The lowest BCUT2D eigenvalue weighted by Crippen LogP contribution is -2.06. The third-order valence-corrected chi connectivity index (χ3v) is 3.06. The van der Waals surface area contributed by atoms with Crippen LogP contribution in [0.2, 0.25) is 10.0 Å². The zero-order valence-electron chi connectivity index (χ0n) is 10.8. The van der Waals surface area contributed by atoms with Gasteiger partial charge < -0.3 is 10.1 Å². The number of benzene rings is 2. The van der Waals surface area contributed by atoms with Gasteiger partial charge in [0.15, 0.2) is 0 Å². The Kier molecular flexibility index (Phi) is 4.54. The summed E-state index contributed by atoms with van der Waals surface area (Å²) in [5, 5.41) is 3.58. The van der Waals surface area contributed by atoms with Crippen LogP contribution in [0, 0.1) is 0 Å². The molecule has 0 fully saturated rings. The molecule has 0 aliphatic carbocycles. The van der Waals surface area contributed by atoms with E-state index < -0.39 is 11.7 Å². The molecule has 0 saturated carbocycles. The minimum Gasteiger partial charge on any atom is -0.497 e. The van der Waals surface area contributed by atoms with E-state index in [2.05, 4.69) is 5.32 Å². The molecule has 21 heavy (non-hydrogen) atoms. The van der Waals surface area contributed by atoms with E-state index in [4.69, 9.17) is 27.9 Å². The largest absolute Gasteiger partial charge is 0.497 e. The van der Waals surface area contributed by atoms with Crippen LogP contribution in [0.15, 0.2) is 36.4 Å². The Bertz CT molecular complexity index is 639. The Morgan fingerprint density at radius 1 is 0.905 bits per heavy atom. The quantitative estimate of drug-likeness (QED) is 0.769. The second kappa shape index (κ2) is 6.03. The van der Waals surface area contributed by atoms with Gasteiger partial charge in [0.1, 0.15) is 5.75 Å². The number of ether oxygens (including phenoxy) is 1. The lowest BCUT2D eigenvalue weighted by molar-refractivity contribution is -0.137. The van der Waals surface area contributed by atoms with Crippen molar-refractivity contribution in [1.82, 2.24) is 0 Å². The molecule has 2 nitrogen and oxygen atoms in total. The molecule has 0 atom stereocenters. The number of rotatable bonds is 3. The Morgan fingerprint density at radius 3 is 2.00 bits per heavy atom. The number of anilines is 2. The van der Waals surface area contributed by atoms with Crippen molar-refractivity contribution in [1.29, 1.82) is 0 Å². The van der Waals surface area contributed by atoms with Crippen LogP contribution in [-0.2, 0) is 6.18 Å². The molecule has 0 radical (unpaired) electrons. The number of alkyl halides is 3. The zero-order valence-corrected chi connectivity index (χ0v) is 12.3. The first-order valence-electron chi connectivity index (χ1n) is 5.77. The van der Waals surface area contributed by atoms with E-state index in [1.54, 1.807) is 12.1 Å². The van der Waals surface area contributed by atoms with Gasteiger partial charge in [-0.25, -0.2) is 0 Å². The summed E-state index contributed by atoms with van der Waals surface area (Å²) in [4.78, 5) is 0. The van der Waals surface area contributed by atoms with Gasteiger partial charge in [0.2, 0.25) is 0 Å². The standard InChI is InChI=1S/C14H10Cl2F3NO/c1-21-13-3-8(14(17,18)19)2-11(7-13)20-12-5-9(15)4-10(16)6-12/h2-7,20H,1H3. The number of hydrogen-bond acceptors (Lipinski definition) is 2. The maximum Gasteiger partial charge on any atom is 0.416 e. The molecule has 0 spiro atoms.